The lowest BCUT2D eigenvalue weighted by molar-refractivity contribution is -0.384. The Kier molecular flexibility index (Phi) is 4.09. The Labute approximate surface area is 119 Å². The van der Waals surface area contributed by atoms with Crippen LogP contribution in [0.15, 0.2) is 24.3 Å². The number of carbonyl (C=O) groups excluding carboxylic acids is 1. The molecule has 2 aromatic rings. The van der Waals surface area contributed by atoms with E-state index in [1.807, 2.05) is 0 Å². The second-order valence-electron chi connectivity index (χ2n) is 3.95. The average Bonchev–Trinajstić information content (AvgIpc) is 2.81. The Morgan fingerprint density at radius 2 is 2.25 bits per heavy atom. The maximum Gasteiger partial charge on any atom is 0.358 e. The summed E-state index contributed by atoms with van der Waals surface area (Å²) in [5.41, 5.74) is 0.870. The van der Waals surface area contributed by atoms with Crippen LogP contribution in [0.4, 0.5) is 5.69 Å². The van der Waals surface area contributed by atoms with Crippen LogP contribution in [0.1, 0.15) is 22.3 Å². The van der Waals surface area contributed by atoms with Gasteiger partial charge in [0.2, 0.25) is 0 Å². The molecular weight excluding hydrogens is 280 g/mol. The maximum absolute atomic E-state index is 11.7. The summed E-state index contributed by atoms with van der Waals surface area (Å²) in [6.07, 6.45) is 0. The Morgan fingerprint density at radius 1 is 1.50 bits per heavy atom. The second kappa shape index (κ2) is 5.79. The zero-order chi connectivity index (χ0) is 14.7. The first-order chi connectivity index (χ1) is 9.52. The summed E-state index contributed by atoms with van der Waals surface area (Å²) in [5.74, 6) is -0.474. The highest BCUT2D eigenvalue weighted by atomic mass is 32.1. The Balaban J connectivity index is 2.39. The molecule has 7 heteroatoms. The summed E-state index contributed by atoms with van der Waals surface area (Å²) in [5, 5.41) is 11.3. The maximum atomic E-state index is 11.7. The fourth-order valence-corrected chi connectivity index (χ4v) is 2.56. The third-order valence-electron chi connectivity index (χ3n) is 2.57. The number of aromatic nitrogens is 1. The van der Waals surface area contributed by atoms with Gasteiger partial charge in [0.05, 0.1) is 11.5 Å². The van der Waals surface area contributed by atoms with E-state index < -0.39 is 10.9 Å². The van der Waals surface area contributed by atoms with Crippen LogP contribution in [0, 0.1) is 17.0 Å². The minimum absolute atomic E-state index is 0.00645. The van der Waals surface area contributed by atoms with Crippen LogP contribution < -0.4 is 0 Å². The van der Waals surface area contributed by atoms with Gasteiger partial charge in [-0.15, -0.1) is 11.3 Å². The van der Waals surface area contributed by atoms with E-state index in [4.69, 9.17) is 4.74 Å². The molecule has 1 aromatic carbocycles. The van der Waals surface area contributed by atoms with E-state index in [2.05, 4.69) is 4.98 Å². The molecule has 2 rings (SSSR count). The van der Waals surface area contributed by atoms with Gasteiger partial charge in [-0.1, -0.05) is 12.1 Å². The molecule has 0 N–H and O–H groups in total. The van der Waals surface area contributed by atoms with Crippen LogP contribution in [0.2, 0.25) is 0 Å². The predicted molar refractivity (Wildman–Crippen MR) is 74.9 cm³/mol. The molecule has 0 unspecified atom stereocenters. The number of ether oxygens (including phenoxy) is 1. The van der Waals surface area contributed by atoms with Crippen molar-refractivity contribution in [2.45, 2.75) is 13.8 Å². The van der Waals surface area contributed by atoms with Gasteiger partial charge >= 0.3 is 5.97 Å². The van der Waals surface area contributed by atoms with Crippen LogP contribution in [-0.4, -0.2) is 22.5 Å². The zero-order valence-corrected chi connectivity index (χ0v) is 11.8. The minimum atomic E-state index is -0.474. The molecule has 20 heavy (non-hydrogen) atoms. The van der Waals surface area contributed by atoms with Gasteiger partial charge in [0.15, 0.2) is 5.69 Å². The van der Waals surface area contributed by atoms with Crippen molar-refractivity contribution < 1.29 is 14.5 Å². The van der Waals surface area contributed by atoms with Crippen LogP contribution in [-0.2, 0) is 4.74 Å². The molecule has 1 heterocycles. The number of thiazole rings is 1. The molecule has 0 saturated heterocycles. The summed E-state index contributed by atoms with van der Waals surface area (Å²) >= 11 is 1.31. The van der Waals surface area contributed by atoms with E-state index in [1.54, 1.807) is 26.0 Å². The molecule has 0 amide bonds. The van der Waals surface area contributed by atoms with E-state index in [9.17, 15) is 14.9 Å². The smallest absolute Gasteiger partial charge is 0.358 e. The van der Waals surface area contributed by atoms with E-state index in [-0.39, 0.29) is 18.0 Å². The van der Waals surface area contributed by atoms with Crippen LogP contribution in [0.3, 0.4) is 0 Å². The Morgan fingerprint density at radius 3 is 2.90 bits per heavy atom. The molecule has 0 radical (unpaired) electrons. The van der Waals surface area contributed by atoms with Gasteiger partial charge < -0.3 is 4.74 Å². The van der Waals surface area contributed by atoms with E-state index in [0.717, 1.165) is 4.88 Å². The van der Waals surface area contributed by atoms with Crippen molar-refractivity contribution in [3.63, 3.8) is 0 Å². The normalized spacial score (nSPS) is 10.3. The number of nitro groups is 1. The molecule has 104 valence electrons. The van der Waals surface area contributed by atoms with Crippen molar-refractivity contribution in [2.24, 2.45) is 0 Å². The monoisotopic (exact) mass is 292 g/mol. The number of aryl methyl sites for hydroxylation is 1. The first-order valence-electron chi connectivity index (χ1n) is 5.92. The van der Waals surface area contributed by atoms with Crippen molar-refractivity contribution in [3.05, 3.63) is 45.0 Å². The Bertz CT molecular complexity index is 666. The summed E-state index contributed by atoms with van der Waals surface area (Å²) in [7, 11) is 0. The third kappa shape index (κ3) is 2.83. The number of nitro benzene ring substituents is 1. The molecule has 6 nitrogen and oxygen atoms in total. The van der Waals surface area contributed by atoms with Crippen LogP contribution >= 0.6 is 11.3 Å². The summed E-state index contributed by atoms with van der Waals surface area (Å²) in [6.45, 7) is 3.77. The molecule has 0 spiro atoms. The van der Waals surface area contributed by atoms with Gasteiger partial charge in [0.25, 0.3) is 5.69 Å². The van der Waals surface area contributed by atoms with Crippen molar-refractivity contribution in [1.82, 2.24) is 4.98 Å². The molecule has 0 aliphatic heterocycles. The SMILES string of the molecule is CCOC(=O)c1nc(-c2cccc([N+](=O)[O-])c2)sc1C. The minimum Gasteiger partial charge on any atom is -0.461 e. The van der Waals surface area contributed by atoms with Crippen molar-refractivity contribution >= 4 is 23.0 Å². The standard InChI is InChI=1S/C13H12N2O4S/c1-3-19-13(16)11-8(2)20-12(14-11)9-5-4-6-10(7-9)15(17)18/h4-7H,3H2,1-2H3. The highest BCUT2D eigenvalue weighted by Gasteiger charge is 2.18. The lowest BCUT2D eigenvalue weighted by atomic mass is 10.2. The number of benzene rings is 1. The van der Waals surface area contributed by atoms with Crippen molar-refractivity contribution in [3.8, 4) is 10.6 Å². The molecule has 0 atom stereocenters. The number of non-ortho nitro benzene ring substituents is 1. The lowest BCUT2D eigenvalue weighted by Crippen LogP contribution is -2.06. The highest BCUT2D eigenvalue weighted by Crippen LogP contribution is 2.30. The van der Waals surface area contributed by atoms with Crippen molar-refractivity contribution in [1.29, 1.82) is 0 Å². The average molecular weight is 292 g/mol. The Hall–Kier alpha value is -2.28. The number of esters is 1. The van der Waals surface area contributed by atoms with Gasteiger partial charge in [0, 0.05) is 22.6 Å². The quantitative estimate of drug-likeness (QED) is 0.491. The molecule has 0 aliphatic rings. The second-order valence-corrected chi connectivity index (χ2v) is 5.15. The number of nitrogens with zero attached hydrogens (tertiary/aromatic N) is 2. The third-order valence-corrected chi connectivity index (χ3v) is 3.59. The largest absolute Gasteiger partial charge is 0.461 e. The van der Waals surface area contributed by atoms with Crippen molar-refractivity contribution in [2.75, 3.05) is 6.61 Å². The zero-order valence-electron chi connectivity index (χ0n) is 11.0. The number of hydrogen-bond acceptors (Lipinski definition) is 6. The van der Waals surface area contributed by atoms with Crippen LogP contribution in [0.5, 0.6) is 0 Å². The summed E-state index contributed by atoms with van der Waals surface area (Å²) in [4.78, 5) is 26.9. The topological polar surface area (TPSA) is 82.3 Å². The molecule has 1 aromatic heterocycles. The summed E-state index contributed by atoms with van der Waals surface area (Å²) in [6, 6.07) is 6.16. The van der Waals surface area contributed by atoms with E-state index >= 15 is 0 Å². The number of rotatable bonds is 4. The first-order valence-corrected chi connectivity index (χ1v) is 6.74. The van der Waals surface area contributed by atoms with E-state index in [0.29, 0.717) is 10.6 Å². The molecule has 0 aliphatic carbocycles. The van der Waals surface area contributed by atoms with Gasteiger partial charge in [-0.3, -0.25) is 10.1 Å². The highest BCUT2D eigenvalue weighted by molar-refractivity contribution is 7.15. The number of hydrogen-bond donors (Lipinski definition) is 0. The van der Waals surface area contributed by atoms with Gasteiger partial charge in [-0.2, -0.15) is 0 Å². The van der Waals surface area contributed by atoms with Gasteiger partial charge in [-0.25, -0.2) is 9.78 Å². The van der Waals surface area contributed by atoms with E-state index in [1.165, 1.54) is 23.5 Å². The van der Waals surface area contributed by atoms with Gasteiger partial charge in [-0.05, 0) is 13.8 Å². The fourth-order valence-electron chi connectivity index (χ4n) is 1.66. The fraction of sp³-hybridized carbons (Fsp3) is 0.231. The molecule has 0 saturated carbocycles. The van der Waals surface area contributed by atoms with Gasteiger partial charge in [0.1, 0.15) is 5.01 Å². The molecule has 0 fully saturated rings. The molecule has 0 bridgehead atoms. The molecular formula is C13H12N2O4S. The first kappa shape index (κ1) is 14.1. The van der Waals surface area contributed by atoms with Crippen LogP contribution in [0.25, 0.3) is 10.6 Å². The number of carbonyl (C=O) groups is 1. The lowest BCUT2D eigenvalue weighted by Gasteiger charge is -1.98. The summed E-state index contributed by atoms with van der Waals surface area (Å²) < 4.78 is 4.92. The predicted octanol–water partition coefficient (Wildman–Crippen LogP) is 3.20.